The molecule has 4 rings (SSSR count). The zero-order valence-corrected chi connectivity index (χ0v) is 12.0. The van der Waals surface area contributed by atoms with Crippen LogP contribution < -0.4 is 0 Å². The number of carbonyl (C=O) groups is 1. The van der Waals surface area contributed by atoms with E-state index < -0.39 is 0 Å². The topological polar surface area (TPSA) is 57.0 Å². The van der Waals surface area contributed by atoms with Crippen molar-refractivity contribution in [2.75, 3.05) is 0 Å². The van der Waals surface area contributed by atoms with E-state index in [0.29, 0.717) is 11.6 Å². The molecule has 5 nitrogen and oxygen atoms in total. The second kappa shape index (κ2) is 4.15. The van der Waals surface area contributed by atoms with Gasteiger partial charge in [-0.05, 0) is 31.6 Å². The Labute approximate surface area is 120 Å². The van der Waals surface area contributed by atoms with Gasteiger partial charge in [-0.15, -0.1) is 11.3 Å². The number of hydrogen-bond acceptors (Lipinski definition) is 5. The number of aryl methyl sites for hydroxylation is 1. The van der Waals surface area contributed by atoms with Crippen molar-refractivity contribution < 1.29 is 9.53 Å². The first-order chi connectivity index (χ1) is 9.66. The first-order valence-electron chi connectivity index (χ1n) is 6.84. The van der Waals surface area contributed by atoms with Crippen molar-refractivity contribution in [3.63, 3.8) is 0 Å². The van der Waals surface area contributed by atoms with Gasteiger partial charge in [0, 0.05) is 24.2 Å². The molecule has 2 aliphatic carbocycles. The summed E-state index contributed by atoms with van der Waals surface area (Å²) in [4.78, 5) is 16.6. The zero-order chi connectivity index (χ0) is 13.7. The molecular weight excluding hydrogens is 274 g/mol. The molecule has 0 saturated heterocycles. The van der Waals surface area contributed by atoms with Crippen molar-refractivity contribution in [1.29, 1.82) is 0 Å². The SMILES string of the molecule is Cn1cc(-c2nc(C(=O)OC3(C4CC4)CC3)cs2)cn1. The molecule has 2 saturated carbocycles. The van der Waals surface area contributed by atoms with E-state index in [4.69, 9.17) is 4.74 Å². The van der Waals surface area contributed by atoms with E-state index in [2.05, 4.69) is 10.1 Å². The third kappa shape index (κ3) is 2.04. The fraction of sp³-hybridized carbons (Fsp3) is 0.500. The average Bonchev–Trinajstić information content (AvgIpc) is 3.31. The molecule has 0 spiro atoms. The van der Waals surface area contributed by atoms with E-state index in [-0.39, 0.29) is 11.6 Å². The molecule has 2 aliphatic rings. The van der Waals surface area contributed by atoms with Gasteiger partial charge >= 0.3 is 5.97 Å². The predicted octanol–water partition coefficient (Wildman–Crippen LogP) is 2.64. The molecular formula is C14H15N3O2S. The smallest absolute Gasteiger partial charge is 0.358 e. The lowest BCUT2D eigenvalue weighted by atomic mass is 10.2. The van der Waals surface area contributed by atoms with Gasteiger partial charge in [-0.25, -0.2) is 9.78 Å². The minimum Gasteiger partial charge on any atom is -0.454 e. The van der Waals surface area contributed by atoms with E-state index in [1.165, 1.54) is 24.2 Å². The average molecular weight is 289 g/mol. The fourth-order valence-electron chi connectivity index (χ4n) is 2.59. The summed E-state index contributed by atoms with van der Waals surface area (Å²) in [6, 6.07) is 0. The third-order valence-electron chi connectivity index (χ3n) is 4.03. The summed E-state index contributed by atoms with van der Waals surface area (Å²) >= 11 is 1.45. The van der Waals surface area contributed by atoms with Crippen LogP contribution >= 0.6 is 11.3 Å². The quantitative estimate of drug-likeness (QED) is 0.812. The lowest BCUT2D eigenvalue weighted by Crippen LogP contribution is -2.22. The van der Waals surface area contributed by atoms with Gasteiger partial charge < -0.3 is 4.74 Å². The molecule has 0 radical (unpaired) electrons. The standard InChI is InChI=1S/C14H15N3O2S/c1-17-7-9(6-15-17)12-16-11(8-20-12)13(18)19-14(4-5-14)10-2-3-10/h6-8,10H,2-5H2,1H3. The highest BCUT2D eigenvalue weighted by molar-refractivity contribution is 7.13. The molecule has 0 atom stereocenters. The maximum absolute atomic E-state index is 12.2. The Morgan fingerprint density at radius 1 is 1.50 bits per heavy atom. The molecule has 2 aromatic rings. The molecule has 20 heavy (non-hydrogen) atoms. The summed E-state index contributed by atoms with van der Waals surface area (Å²) in [6.07, 6.45) is 8.07. The molecule has 2 heterocycles. The van der Waals surface area contributed by atoms with Crippen molar-refractivity contribution >= 4 is 17.3 Å². The molecule has 0 amide bonds. The zero-order valence-electron chi connectivity index (χ0n) is 11.2. The summed E-state index contributed by atoms with van der Waals surface area (Å²) < 4.78 is 7.42. The van der Waals surface area contributed by atoms with Gasteiger partial charge in [0.2, 0.25) is 0 Å². The Morgan fingerprint density at radius 2 is 2.30 bits per heavy atom. The highest BCUT2D eigenvalue weighted by Gasteiger charge is 2.57. The number of thiazole rings is 1. The molecule has 0 aliphatic heterocycles. The van der Waals surface area contributed by atoms with Crippen LogP contribution in [0.5, 0.6) is 0 Å². The van der Waals surface area contributed by atoms with Crippen LogP contribution in [0.15, 0.2) is 17.8 Å². The van der Waals surface area contributed by atoms with Crippen molar-refractivity contribution in [2.45, 2.75) is 31.3 Å². The van der Waals surface area contributed by atoms with E-state index in [1.807, 2.05) is 13.2 Å². The minimum atomic E-state index is -0.277. The highest BCUT2D eigenvalue weighted by atomic mass is 32.1. The highest BCUT2D eigenvalue weighted by Crippen LogP contribution is 2.56. The van der Waals surface area contributed by atoms with Crippen LogP contribution in [0, 0.1) is 5.92 Å². The van der Waals surface area contributed by atoms with Crippen LogP contribution in [-0.2, 0) is 11.8 Å². The Balaban J connectivity index is 1.51. The number of rotatable bonds is 4. The number of carbonyl (C=O) groups excluding carboxylic acids is 1. The predicted molar refractivity (Wildman–Crippen MR) is 74.4 cm³/mol. The van der Waals surface area contributed by atoms with Crippen LogP contribution in [0.2, 0.25) is 0 Å². The van der Waals surface area contributed by atoms with E-state index in [1.54, 1.807) is 16.3 Å². The largest absolute Gasteiger partial charge is 0.454 e. The van der Waals surface area contributed by atoms with Gasteiger partial charge in [-0.1, -0.05) is 0 Å². The second-order valence-corrected chi connectivity index (χ2v) is 6.53. The number of hydrogen-bond donors (Lipinski definition) is 0. The Bertz CT molecular complexity index is 668. The first kappa shape index (κ1) is 12.1. The van der Waals surface area contributed by atoms with Crippen LogP contribution in [-0.4, -0.2) is 26.3 Å². The maximum Gasteiger partial charge on any atom is 0.358 e. The van der Waals surface area contributed by atoms with Gasteiger partial charge in [-0.2, -0.15) is 5.10 Å². The summed E-state index contributed by atoms with van der Waals surface area (Å²) in [5, 5.41) is 6.69. The van der Waals surface area contributed by atoms with Crippen LogP contribution in [0.25, 0.3) is 10.6 Å². The lowest BCUT2D eigenvalue weighted by molar-refractivity contribution is 0.0154. The van der Waals surface area contributed by atoms with Crippen LogP contribution in [0.3, 0.4) is 0 Å². The van der Waals surface area contributed by atoms with Crippen molar-refractivity contribution in [2.24, 2.45) is 13.0 Å². The normalized spacial score (nSPS) is 19.9. The van der Waals surface area contributed by atoms with Gasteiger partial charge in [-0.3, -0.25) is 4.68 Å². The van der Waals surface area contributed by atoms with Crippen molar-refractivity contribution in [3.8, 4) is 10.6 Å². The summed E-state index contributed by atoms with van der Waals surface area (Å²) in [5.74, 6) is 0.323. The number of aromatic nitrogens is 3. The van der Waals surface area contributed by atoms with Gasteiger partial charge in [0.15, 0.2) is 5.69 Å². The van der Waals surface area contributed by atoms with E-state index >= 15 is 0 Å². The van der Waals surface area contributed by atoms with Gasteiger partial charge in [0.05, 0.1) is 6.20 Å². The minimum absolute atomic E-state index is 0.144. The molecule has 6 heteroatoms. The van der Waals surface area contributed by atoms with E-state index in [0.717, 1.165) is 23.4 Å². The molecule has 0 unspecified atom stereocenters. The Kier molecular flexibility index (Phi) is 2.51. The fourth-order valence-corrected chi connectivity index (χ4v) is 3.36. The molecule has 0 aromatic carbocycles. The summed E-state index contributed by atoms with van der Waals surface area (Å²) in [5.41, 5.74) is 1.20. The van der Waals surface area contributed by atoms with Gasteiger partial charge in [0.1, 0.15) is 10.6 Å². The van der Waals surface area contributed by atoms with Crippen molar-refractivity contribution in [1.82, 2.24) is 14.8 Å². The van der Waals surface area contributed by atoms with Crippen molar-refractivity contribution in [3.05, 3.63) is 23.5 Å². The van der Waals surface area contributed by atoms with Crippen LogP contribution in [0.4, 0.5) is 0 Å². The molecule has 2 aromatic heterocycles. The molecule has 0 N–H and O–H groups in total. The summed E-state index contributed by atoms with van der Waals surface area (Å²) in [6.45, 7) is 0. The molecule has 2 fully saturated rings. The Hall–Kier alpha value is -1.69. The number of ether oxygens (including phenoxy) is 1. The monoisotopic (exact) mass is 289 g/mol. The molecule has 0 bridgehead atoms. The first-order valence-corrected chi connectivity index (χ1v) is 7.72. The maximum atomic E-state index is 12.2. The number of esters is 1. The van der Waals surface area contributed by atoms with E-state index in [9.17, 15) is 4.79 Å². The van der Waals surface area contributed by atoms with Gasteiger partial charge in [0.25, 0.3) is 0 Å². The number of nitrogens with zero attached hydrogens (tertiary/aromatic N) is 3. The third-order valence-corrected chi connectivity index (χ3v) is 4.92. The lowest BCUT2D eigenvalue weighted by Gasteiger charge is -2.14. The second-order valence-electron chi connectivity index (χ2n) is 5.67. The Morgan fingerprint density at radius 3 is 2.90 bits per heavy atom. The molecule has 104 valence electrons. The summed E-state index contributed by atoms with van der Waals surface area (Å²) in [7, 11) is 1.86. The van der Waals surface area contributed by atoms with Crippen LogP contribution in [0.1, 0.15) is 36.2 Å².